The second-order valence-electron chi connectivity index (χ2n) is 11.1. The number of carbonyl (C=O) groups is 2. The summed E-state index contributed by atoms with van der Waals surface area (Å²) < 4.78 is 27.6. The Kier molecular flexibility index (Phi) is 14.6. The average Bonchev–Trinajstić information content (AvgIpc) is 3.01. The van der Waals surface area contributed by atoms with Gasteiger partial charge in [-0.05, 0) is 25.0 Å². The molecule has 1 amide bonds. The van der Waals surface area contributed by atoms with E-state index in [4.69, 9.17) is 18.9 Å². The van der Waals surface area contributed by atoms with Crippen molar-refractivity contribution in [3.8, 4) is 11.5 Å². The Labute approximate surface area is 260 Å². The largest absolute Gasteiger partial charge is 0.508 e. The molecule has 7 unspecified atom stereocenters. The Bertz CT molecular complexity index is 1050. The number of aromatic hydroxyl groups is 2. The van der Waals surface area contributed by atoms with Crippen molar-refractivity contribution in [2.75, 3.05) is 26.9 Å². The van der Waals surface area contributed by atoms with Gasteiger partial charge in [-0.3, -0.25) is 9.59 Å². The van der Waals surface area contributed by atoms with Crippen LogP contribution >= 0.6 is 0 Å². The van der Waals surface area contributed by atoms with Crippen LogP contribution in [0.2, 0.25) is 0 Å². The highest BCUT2D eigenvalue weighted by atomic mass is 16.7. The molecule has 0 spiro atoms. The molecule has 256 valence electrons. The molecule has 2 fully saturated rings. The minimum atomic E-state index is -1.84. The number of carbonyl (C=O) groups excluding carboxylic acids is 2. The molecule has 2 heterocycles. The summed E-state index contributed by atoms with van der Waals surface area (Å²) in [6.45, 7) is -1.30. The number of aliphatic hydroxyl groups excluding tert-OH is 6. The van der Waals surface area contributed by atoms with Crippen LogP contribution in [0.3, 0.4) is 0 Å². The normalized spacial score (nSPS) is 31.8. The summed E-state index contributed by atoms with van der Waals surface area (Å²) in [5.41, 5.74) is -0.163. The lowest BCUT2D eigenvalue weighted by Gasteiger charge is -2.47. The summed E-state index contributed by atoms with van der Waals surface area (Å²) in [7, 11) is 1.35. The van der Waals surface area contributed by atoms with Gasteiger partial charge in [-0.2, -0.15) is 0 Å². The van der Waals surface area contributed by atoms with Crippen molar-refractivity contribution in [2.45, 2.75) is 106 Å². The zero-order valence-corrected chi connectivity index (χ0v) is 25.0. The standard InChI is InChI=1S/C29H45NO15/c1-41-20(35)8-6-4-2-3-5-7-9-42-28-21(30-27(40)15-10-16(33)12-17(34)11-15)26(23(37)19(14-32)43-28)45-29-25(39)24(38)22(36)18(13-31)44-29/h10-12,18-19,21-26,28-29,31-34,36-39H,2-9,13-14H2,1H3,(H,30,40)/t18?,19?,21?,22-,23+,24?,25?,26?,28-,29?/m1/s1. The molecule has 1 aromatic carbocycles. The predicted molar refractivity (Wildman–Crippen MR) is 152 cm³/mol. The summed E-state index contributed by atoms with van der Waals surface area (Å²) in [5, 5.41) is 83.8. The fourth-order valence-electron chi connectivity index (χ4n) is 5.20. The monoisotopic (exact) mass is 647 g/mol. The zero-order chi connectivity index (χ0) is 33.1. The number of unbranched alkanes of at least 4 members (excludes halogenated alkanes) is 5. The molecule has 45 heavy (non-hydrogen) atoms. The number of nitrogens with one attached hydrogen (secondary N) is 1. The van der Waals surface area contributed by atoms with Crippen molar-refractivity contribution >= 4 is 11.9 Å². The first-order chi connectivity index (χ1) is 21.5. The number of phenolic OH excluding ortho intramolecular Hbond substituents is 2. The summed E-state index contributed by atoms with van der Waals surface area (Å²) in [6, 6.07) is 1.84. The lowest BCUT2D eigenvalue weighted by molar-refractivity contribution is -0.344. The Morgan fingerprint density at radius 2 is 1.36 bits per heavy atom. The Hall–Kier alpha value is -2.64. The first kappa shape index (κ1) is 36.8. The lowest BCUT2D eigenvalue weighted by atomic mass is 9.95. The van der Waals surface area contributed by atoms with Gasteiger partial charge in [0.15, 0.2) is 12.6 Å². The Balaban J connectivity index is 1.74. The van der Waals surface area contributed by atoms with Crippen molar-refractivity contribution in [3.63, 3.8) is 0 Å². The van der Waals surface area contributed by atoms with Crippen LogP contribution in [0.1, 0.15) is 55.3 Å². The SMILES string of the molecule is COC(=O)CCCCCCCCO[C@@H]1OC(CO)[C@H](O)C(OC2OC(CO)[C@@H](O)C(O)C2O)C1NC(=O)c1cc(O)cc(O)c1. The lowest BCUT2D eigenvalue weighted by Crippen LogP contribution is -2.68. The predicted octanol–water partition coefficient (Wildman–Crippen LogP) is -1.62. The number of esters is 1. The van der Waals surface area contributed by atoms with Gasteiger partial charge in [0.05, 0.1) is 20.3 Å². The van der Waals surface area contributed by atoms with E-state index in [0.29, 0.717) is 12.8 Å². The molecule has 1 aromatic rings. The molecule has 16 nitrogen and oxygen atoms in total. The molecule has 0 aromatic heterocycles. The van der Waals surface area contributed by atoms with Crippen LogP contribution < -0.4 is 5.32 Å². The average molecular weight is 648 g/mol. The van der Waals surface area contributed by atoms with E-state index in [9.17, 15) is 50.4 Å². The molecule has 2 aliphatic rings. The highest BCUT2D eigenvalue weighted by Gasteiger charge is 2.51. The topological polar surface area (TPSA) is 254 Å². The number of aliphatic hydroxyl groups is 6. The van der Waals surface area contributed by atoms with Crippen molar-refractivity contribution < 1.29 is 74.1 Å². The molecule has 9 N–H and O–H groups in total. The second kappa shape index (κ2) is 17.9. The van der Waals surface area contributed by atoms with E-state index in [1.54, 1.807) is 0 Å². The van der Waals surface area contributed by atoms with Crippen molar-refractivity contribution in [2.24, 2.45) is 0 Å². The first-order valence-electron chi connectivity index (χ1n) is 14.9. The first-order valence-corrected chi connectivity index (χ1v) is 14.9. The second-order valence-corrected chi connectivity index (χ2v) is 11.1. The number of methoxy groups -OCH3 is 1. The van der Waals surface area contributed by atoms with Crippen molar-refractivity contribution in [1.29, 1.82) is 0 Å². The van der Waals surface area contributed by atoms with Crippen LogP contribution in [0.4, 0.5) is 0 Å². The summed E-state index contributed by atoms with van der Waals surface area (Å²) >= 11 is 0. The van der Waals surface area contributed by atoms with Crippen LogP contribution in [0.15, 0.2) is 18.2 Å². The van der Waals surface area contributed by atoms with Crippen molar-refractivity contribution in [1.82, 2.24) is 5.32 Å². The highest BCUT2D eigenvalue weighted by molar-refractivity contribution is 5.95. The number of amides is 1. The van der Waals surface area contributed by atoms with Gasteiger partial charge in [0.25, 0.3) is 5.91 Å². The van der Waals surface area contributed by atoms with Gasteiger partial charge < -0.3 is 69.9 Å². The highest BCUT2D eigenvalue weighted by Crippen LogP contribution is 2.30. The van der Waals surface area contributed by atoms with Crippen LogP contribution in [0, 0.1) is 0 Å². The van der Waals surface area contributed by atoms with E-state index in [0.717, 1.165) is 50.3 Å². The molecule has 2 saturated heterocycles. The molecule has 0 bridgehead atoms. The van der Waals surface area contributed by atoms with Gasteiger partial charge in [-0.15, -0.1) is 0 Å². The number of phenols is 2. The molecule has 0 aliphatic carbocycles. The minimum absolute atomic E-state index is 0.132. The van der Waals surface area contributed by atoms with Crippen LogP contribution in [0.25, 0.3) is 0 Å². The van der Waals surface area contributed by atoms with Crippen LogP contribution in [0.5, 0.6) is 11.5 Å². The number of hydrogen-bond donors (Lipinski definition) is 9. The maximum Gasteiger partial charge on any atom is 0.305 e. The molecule has 2 aliphatic heterocycles. The fourth-order valence-corrected chi connectivity index (χ4v) is 5.20. The van der Waals surface area contributed by atoms with E-state index in [1.165, 1.54) is 7.11 Å². The number of rotatable bonds is 16. The van der Waals surface area contributed by atoms with Crippen molar-refractivity contribution in [3.05, 3.63) is 23.8 Å². The van der Waals surface area contributed by atoms with Gasteiger partial charge in [-0.25, -0.2) is 0 Å². The zero-order valence-electron chi connectivity index (χ0n) is 25.0. The maximum absolute atomic E-state index is 13.2. The van der Waals surface area contributed by atoms with E-state index >= 15 is 0 Å². The summed E-state index contributed by atoms with van der Waals surface area (Å²) in [4.78, 5) is 24.5. The third-order valence-corrected chi connectivity index (χ3v) is 7.74. The van der Waals surface area contributed by atoms with Crippen LogP contribution in [-0.4, -0.2) is 141 Å². The van der Waals surface area contributed by atoms with Crippen LogP contribution in [-0.2, 0) is 28.5 Å². The van der Waals surface area contributed by atoms with Gasteiger partial charge in [0.1, 0.15) is 60.3 Å². The quantitative estimate of drug-likeness (QED) is 0.0722. The number of benzene rings is 1. The third-order valence-electron chi connectivity index (χ3n) is 7.74. The smallest absolute Gasteiger partial charge is 0.305 e. The fraction of sp³-hybridized carbons (Fsp3) is 0.724. The molecule has 10 atom stereocenters. The van der Waals surface area contributed by atoms with Gasteiger partial charge in [0, 0.05) is 24.7 Å². The van der Waals surface area contributed by atoms with E-state index in [-0.39, 0.29) is 18.1 Å². The number of hydrogen-bond acceptors (Lipinski definition) is 15. The van der Waals surface area contributed by atoms with E-state index in [2.05, 4.69) is 10.1 Å². The Morgan fingerprint density at radius 3 is 1.98 bits per heavy atom. The molecule has 0 saturated carbocycles. The maximum atomic E-state index is 13.2. The van der Waals surface area contributed by atoms with E-state index in [1.807, 2.05) is 0 Å². The Morgan fingerprint density at radius 1 is 0.778 bits per heavy atom. The van der Waals surface area contributed by atoms with Gasteiger partial charge >= 0.3 is 5.97 Å². The molecule has 3 rings (SSSR count). The summed E-state index contributed by atoms with van der Waals surface area (Å²) in [6.07, 6.45) is -9.07. The minimum Gasteiger partial charge on any atom is -0.508 e. The van der Waals surface area contributed by atoms with Gasteiger partial charge in [0.2, 0.25) is 0 Å². The molecular weight excluding hydrogens is 602 g/mol. The molecule has 0 radical (unpaired) electrons. The van der Waals surface area contributed by atoms with E-state index < -0.39 is 92.0 Å². The van der Waals surface area contributed by atoms with Gasteiger partial charge in [-0.1, -0.05) is 25.7 Å². The molecular formula is C29H45NO15. The third kappa shape index (κ3) is 10.2. The summed E-state index contributed by atoms with van der Waals surface area (Å²) in [5.74, 6) is -1.88. The number of ether oxygens (including phenoxy) is 5. The molecule has 16 heteroatoms.